The summed E-state index contributed by atoms with van der Waals surface area (Å²) in [7, 11) is 0. The summed E-state index contributed by atoms with van der Waals surface area (Å²) in [5.41, 5.74) is 3.79. The van der Waals surface area contributed by atoms with E-state index in [1.54, 1.807) is 0 Å². The van der Waals surface area contributed by atoms with Gasteiger partial charge in [-0.25, -0.2) is 0 Å². The second-order valence-electron chi connectivity index (χ2n) is 4.56. The lowest BCUT2D eigenvalue weighted by Crippen LogP contribution is -2.31. The minimum absolute atomic E-state index is 0.107. The van der Waals surface area contributed by atoms with Gasteiger partial charge in [0, 0.05) is 19.1 Å². The summed E-state index contributed by atoms with van der Waals surface area (Å²) in [6.45, 7) is 5.78. The summed E-state index contributed by atoms with van der Waals surface area (Å²) >= 11 is 0. The van der Waals surface area contributed by atoms with E-state index in [-0.39, 0.29) is 11.9 Å². The van der Waals surface area contributed by atoms with Crippen molar-refractivity contribution in [2.24, 2.45) is 0 Å². The highest BCUT2D eigenvalue weighted by Gasteiger charge is 2.15. The highest BCUT2D eigenvalue weighted by Crippen LogP contribution is 2.20. The van der Waals surface area contributed by atoms with Crippen LogP contribution in [0.25, 0.3) is 0 Å². The number of carbonyl (C=O) groups is 1. The second-order valence-corrected chi connectivity index (χ2v) is 4.56. The maximum atomic E-state index is 11.7. The third-order valence-corrected chi connectivity index (χ3v) is 2.79. The molecule has 0 bridgehead atoms. The molecule has 0 aliphatic carbocycles. The molecule has 1 amide bonds. The van der Waals surface area contributed by atoms with E-state index in [0.29, 0.717) is 6.42 Å². The quantitative estimate of drug-likeness (QED) is 0.804. The number of hydrogen-bond acceptors (Lipinski definition) is 2. The predicted molar refractivity (Wildman–Crippen MR) is 64.0 cm³/mol. The van der Waals surface area contributed by atoms with Crippen LogP contribution in [0.15, 0.2) is 18.2 Å². The Hall–Kier alpha value is -1.35. The van der Waals surface area contributed by atoms with Crippen LogP contribution >= 0.6 is 0 Å². The monoisotopic (exact) mass is 218 g/mol. The van der Waals surface area contributed by atoms with Crippen LogP contribution in [-0.4, -0.2) is 11.9 Å². The molecule has 1 aliphatic rings. The lowest BCUT2D eigenvalue weighted by Gasteiger charge is -2.10. The predicted octanol–water partition coefficient (Wildman–Crippen LogP) is 1.36. The van der Waals surface area contributed by atoms with E-state index >= 15 is 0 Å². The molecule has 16 heavy (non-hydrogen) atoms. The smallest absolute Gasteiger partial charge is 0.224 e. The van der Waals surface area contributed by atoms with Crippen molar-refractivity contribution in [2.45, 2.75) is 39.4 Å². The van der Waals surface area contributed by atoms with Crippen molar-refractivity contribution in [2.75, 3.05) is 0 Å². The van der Waals surface area contributed by atoms with Gasteiger partial charge in [0.25, 0.3) is 0 Å². The molecule has 1 aromatic rings. The Balaban J connectivity index is 2.10. The zero-order chi connectivity index (χ0) is 11.5. The van der Waals surface area contributed by atoms with Gasteiger partial charge in [0.05, 0.1) is 6.42 Å². The number of benzene rings is 1. The number of rotatable bonds is 3. The molecule has 0 saturated heterocycles. The molecule has 1 aromatic carbocycles. The molecule has 86 valence electrons. The van der Waals surface area contributed by atoms with Crippen LogP contribution in [0, 0.1) is 0 Å². The minimum atomic E-state index is 0.107. The molecule has 0 saturated carbocycles. The summed E-state index contributed by atoms with van der Waals surface area (Å²) in [5.74, 6) is 0.107. The average Bonchev–Trinajstić information content (AvgIpc) is 2.65. The molecule has 1 aliphatic heterocycles. The highest BCUT2D eigenvalue weighted by molar-refractivity contribution is 5.79. The fourth-order valence-corrected chi connectivity index (χ4v) is 2.11. The standard InChI is InChI=1S/C13H18N2O/c1-9(2)15-13(16)6-10-4-3-5-11-7-14-8-12(10)11/h3-5,9,14H,6-8H2,1-2H3,(H,15,16). The third-order valence-electron chi connectivity index (χ3n) is 2.79. The molecular weight excluding hydrogens is 200 g/mol. The Morgan fingerprint density at radius 2 is 2.25 bits per heavy atom. The maximum Gasteiger partial charge on any atom is 0.224 e. The van der Waals surface area contributed by atoms with E-state index in [9.17, 15) is 4.79 Å². The molecule has 0 spiro atoms. The van der Waals surface area contributed by atoms with Gasteiger partial charge in [-0.2, -0.15) is 0 Å². The fraction of sp³-hybridized carbons (Fsp3) is 0.462. The molecule has 2 N–H and O–H groups in total. The zero-order valence-corrected chi connectivity index (χ0v) is 9.84. The third kappa shape index (κ3) is 2.42. The van der Waals surface area contributed by atoms with Crippen molar-refractivity contribution in [1.82, 2.24) is 10.6 Å². The van der Waals surface area contributed by atoms with Gasteiger partial charge in [-0.15, -0.1) is 0 Å². The van der Waals surface area contributed by atoms with E-state index in [0.717, 1.165) is 18.7 Å². The Bertz CT molecular complexity index is 399. The Labute approximate surface area is 96.2 Å². The van der Waals surface area contributed by atoms with Crippen molar-refractivity contribution < 1.29 is 4.79 Å². The Morgan fingerprint density at radius 1 is 1.44 bits per heavy atom. The zero-order valence-electron chi connectivity index (χ0n) is 9.84. The minimum Gasteiger partial charge on any atom is -0.354 e. The number of carbonyl (C=O) groups excluding carboxylic acids is 1. The lowest BCUT2D eigenvalue weighted by molar-refractivity contribution is -0.120. The average molecular weight is 218 g/mol. The van der Waals surface area contributed by atoms with Gasteiger partial charge in [0.15, 0.2) is 0 Å². The van der Waals surface area contributed by atoms with E-state index in [1.165, 1.54) is 11.1 Å². The van der Waals surface area contributed by atoms with Crippen LogP contribution in [0.4, 0.5) is 0 Å². The SMILES string of the molecule is CC(C)NC(=O)Cc1cccc2c1CNC2. The summed E-state index contributed by atoms with van der Waals surface area (Å²) in [6, 6.07) is 6.41. The summed E-state index contributed by atoms with van der Waals surface area (Å²) in [5, 5.41) is 6.23. The first-order chi connectivity index (χ1) is 7.66. The number of nitrogens with one attached hydrogen (secondary N) is 2. The van der Waals surface area contributed by atoms with E-state index in [4.69, 9.17) is 0 Å². The van der Waals surface area contributed by atoms with Crippen molar-refractivity contribution >= 4 is 5.91 Å². The molecule has 0 aromatic heterocycles. The van der Waals surface area contributed by atoms with Crippen molar-refractivity contribution in [3.05, 3.63) is 34.9 Å². The maximum absolute atomic E-state index is 11.7. The van der Waals surface area contributed by atoms with Crippen LogP contribution < -0.4 is 10.6 Å². The van der Waals surface area contributed by atoms with Crippen LogP contribution in [0.2, 0.25) is 0 Å². The number of fused-ring (bicyclic) bond motifs is 1. The molecule has 0 radical (unpaired) electrons. The summed E-state index contributed by atoms with van der Waals surface area (Å²) in [4.78, 5) is 11.7. The largest absolute Gasteiger partial charge is 0.354 e. The van der Waals surface area contributed by atoms with Gasteiger partial charge in [0.2, 0.25) is 5.91 Å². The Kier molecular flexibility index (Phi) is 3.25. The van der Waals surface area contributed by atoms with E-state index in [2.05, 4.69) is 16.7 Å². The number of hydrogen-bond donors (Lipinski definition) is 2. The Morgan fingerprint density at radius 3 is 3.00 bits per heavy atom. The highest BCUT2D eigenvalue weighted by atomic mass is 16.1. The van der Waals surface area contributed by atoms with Crippen LogP contribution in [0.1, 0.15) is 30.5 Å². The second kappa shape index (κ2) is 4.66. The normalized spacial score (nSPS) is 13.9. The van der Waals surface area contributed by atoms with Gasteiger partial charge in [-0.05, 0) is 30.5 Å². The van der Waals surface area contributed by atoms with Crippen LogP contribution in [-0.2, 0) is 24.3 Å². The first-order valence-corrected chi connectivity index (χ1v) is 5.76. The molecule has 0 fully saturated rings. The molecule has 3 heteroatoms. The van der Waals surface area contributed by atoms with E-state index in [1.807, 2.05) is 26.0 Å². The fourth-order valence-electron chi connectivity index (χ4n) is 2.11. The first kappa shape index (κ1) is 11.1. The van der Waals surface area contributed by atoms with Crippen LogP contribution in [0.3, 0.4) is 0 Å². The molecular formula is C13H18N2O. The molecule has 1 heterocycles. The summed E-state index contributed by atoms with van der Waals surface area (Å²) in [6.07, 6.45) is 0.489. The first-order valence-electron chi connectivity index (χ1n) is 5.76. The van der Waals surface area contributed by atoms with Gasteiger partial charge in [-0.1, -0.05) is 18.2 Å². The summed E-state index contributed by atoms with van der Waals surface area (Å²) < 4.78 is 0. The molecule has 2 rings (SSSR count). The van der Waals surface area contributed by atoms with Gasteiger partial charge >= 0.3 is 0 Å². The molecule has 3 nitrogen and oxygen atoms in total. The molecule has 0 atom stereocenters. The van der Waals surface area contributed by atoms with Gasteiger partial charge in [-0.3, -0.25) is 4.79 Å². The molecule has 0 unspecified atom stereocenters. The van der Waals surface area contributed by atoms with Gasteiger partial charge < -0.3 is 10.6 Å². The van der Waals surface area contributed by atoms with Crippen molar-refractivity contribution in [3.63, 3.8) is 0 Å². The van der Waals surface area contributed by atoms with Crippen molar-refractivity contribution in [1.29, 1.82) is 0 Å². The number of amides is 1. The van der Waals surface area contributed by atoms with E-state index < -0.39 is 0 Å². The van der Waals surface area contributed by atoms with Crippen molar-refractivity contribution in [3.8, 4) is 0 Å². The van der Waals surface area contributed by atoms with Crippen LogP contribution in [0.5, 0.6) is 0 Å². The topological polar surface area (TPSA) is 41.1 Å². The van der Waals surface area contributed by atoms with Gasteiger partial charge in [0.1, 0.15) is 0 Å². The lowest BCUT2D eigenvalue weighted by atomic mass is 10.0.